The van der Waals surface area contributed by atoms with Crippen molar-refractivity contribution in [3.8, 4) is 0 Å². The largest absolute Gasteiger partial charge is 0.376 e. The quantitative estimate of drug-likeness (QED) is 0.727. The number of anilines is 1. The Balaban J connectivity index is 2.33. The molecule has 1 fully saturated rings. The average molecular weight is 297 g/mol. The molecule has 8 heteroatoms. The molecular formula is C13H19N3O5. The summed E-state index contributed by atoms with van der Waals surface area (Å²) in [6.07, 6.45) is 0.436. The summed E-state index contributed by atoms with van der Waals surface area (Å²) in [4.78, 5) is 26.7. The lowest BCUT2D eigenvalue weighted by Crippen LogP contribution is -2.38. The van der Waals surface area contributed by atoms with Gasteiger partial charge in [0.1, 0.15) is 24.3 Å². The zero-order valence-electron chi connectivity index (χ0n) is 12.2. The van der Waals surface area contributed by atoms with Crippen LogP contribution in [0.5, 0.6) is 0 Å². The van der Waals surface area contributed by atoms with Crippen LogP contribution >= 0.6 is 0 Å². The van der Waals surface area contributed by atoms with E-state index in [1.165, 1.54) is 18.8 Å². The van der Waals surface area contributed by atoms with Crippen LogP contribution in [0.15, 0.2) is 17.1 Å². The second-order valence-corrected chi connectivity index (χ2v) is 4.62. The Hall–Kier alpha value is -1.77. The molecule has 8 nitrogen and oxygen atoms in total. The second-order valence-electron chi connectivity index (χ2n) is 4.62. The molecule has 2 heterocycles. The van der Waals surface area contributed by atoms with E-state index in [1.54, 1.807) is 19.3 Å². The fourth-order valence-electron chi connectivity index (χ4n) is 2.50. The highest BCUT2D eigenvalue weighted by Crippen LogP contribution is 2.33. The molecule has 4 atom stereocenters. The molecule has 1 aromatic rings. The van der Waals surface area contributed by atoms with Crippen molar-refractivity contribution < 1.29 is 19.0 Å². The fraction of sp³-hybridized carbons (Fsp3) is 0.615. The summed E-state index contributed by atoms with van der Waals surface area (Å²) in [7, 11) is 4.71. The van der Waals surface area contributed by atoms with Gasteiger partial charge in [0.15, 0.2) is 6.23 Å². The molecule has 0 saturated carbocycles. The van der Waals surface area contributed by atoms with E-state index in [4.69, 9.17) is 14.2 Å². The number of nitrogens with one attached hydrogen (secondary N) is 1. The van der Waals surface area contributed by atoms with Crippen molar-refractivity contribution in [3.63, 3.8) is 0 Å². The van der Waals surface area contributed by atoms with Crippen LogP contribution < -0.4 is 11.0 Å². The van der Waals surface area contributed by atoms with Crippen LogP contribution in [0.25, 0.3) is 0 Å². The number of carbonyl (C=O) groups is 1. The Bertz CT molecular complexity index is 547. The number of methoxy groups -OCH3 is 2. The molecule has 0 amide bonds. The van der Waals surface area contributed by atoms with Gasteiger partial charge in [-0.3, -0.25) is 4.57 Å². The first-order valence-corrected chi connectivity index (χ1v) is 6.57. The van der Waals surface area contributed by atoms with Crippen molar-refractivity contribution in [2.24, 2.45) is 0 Å². The summed E-state index contributed by atoms with van der Waals surface area (Å²) in [5, 5.41) is 2.79. The molecule has 1 aliphatic rings. The van der Waals surface area contributed by atoms with Gasteiger partial charge in [-0.15, -0.1) is 0 Å². The number of hydrogen-bond donors (Lipinski definition) is 1. The van der Waals surface area contributed by atoms with Gasteiger partial charge in [-0.25, -0.2) is 4.79 Å². The minimum absolute atomic E-state index is 0.172. The van der Waals surface area contributed by atoms with Crippen molar-refractivity contribution >= 4 is 12.1 Å². The fourth-order valence-corrected chi connectivity index (χ4v) is 2.50. The third-order valence-corrected chi connectivity index (χ3v) is 3.52. The molecule has 0 bridgehead atoms. The number of aromatic nitrogens is 2. The van der Waals surface area contributed by atoms with E-state index >= 15 is 0 Å². The van der Waals surface area contributed by atoms with Gasteiger partial charge >= 0.3 is 5.69 Å². The van der Waals surface area contributed by atoms with E-state index in [9.17, 15) is 9.59 Å². The van der Waals surface area contributed by atoms with Gasteiger partial charge in [-0.05, 0) is 6.07 Å². The highest BCUT2D eigenvalue weighted by molar-refractivity contribution is 5.50. The summed E-state index contributed by atoms with van der Waals surface area (Å²) >= 11 is 0. The molecule has 1 saturated heterocycles. The van der Waals surface area contributed by atoms with Gasteiger partial charge in [0.05, 0.1) is 6.10 Å². The maximum atomic E-state index is 12.1. The maximum Gasteiger partial charge on any atom is 0.351 e. The number of ether oxygens (including phenoxy) is 3. The van der Waals surface area contributed by atoms with Gasteiger partial charge in [-0.1, -0.05) is 0 Å². The van der Waals surface area contributed by atoms with Crippen LogP contribution in [0, 0.1) is 0 Å². The molecule has 1 aliphatic heterocycles. The topological polar surface area (TPSA) is 91.7 Å². The van der Waals surface area contributed by atoms with Gasteiger partial charge < -0.3 is 24.3 Å². The molecule has 0 aliphatic carbocycles. The van der Waals surface area contributed by atoms with E-state index in [0.717, 1.165) is 6.29 Å². The van der Waals surface area contributed by atoms with Gasteiger partial charge in [0.2, 0.25) is 0 Å². The minimum atomic E-state index is -0.684. The highest BCUT2D eigenvalue weighted by atomic mass is 16.6. The second kappa shape index (κ2) is 6.79. The SMILES string of the molecule is CNc1ccn(C2OC(CC=O)C(OC)C2OC)c(=O)n1. The zero-order chi connectivity index (χ0) is 15.4. The number of carbonyl (C=O) groups excluding carboxylic acids is 1. The van der Waals surface area contributed by atoms with Crippen LogP contribution in [-0.2, 0) is 19.0 Å². The van der Waals surface area contributed by atoms with Gasteiger partial charge in [-0.2, -0.15) is 4.98 Å². The molecule has 116 valence electrons. The Kier molecular flexibility index (Phi) is 5.05. The molecule has 0 aromatic carbocycles. The maximum absolute atomic E-state index is 12.1. The van der Waals surface area contributed by atoms with Crippen molar-refractivity contribution in [1.82, 2.24) is 9.55 Å². The Morgan fingerprint density at radius 2 is 2.14 bits per heavy atom. The zero-order valence-corrected chi connectivity index (χ0v) is 12.2. The molecule has 21 heavy (non-hydrogen) atoms. The van der Waals surface area contributed by atoms with Crippen molar-refractivity contribution in [2.75, 3.05) is 26.6 Å². The van der Waals surface area contributed by atoms with Crippen LogP contribution in [0.2, 0.25) is 0 Å². The summed E-state index contributed by atoms with van der Waals surface area (Å²) < 4.78 is 17.9. The molecule has 4 unspecified atom stereocenters. The van der Waals surface area contributed by atoms with Crippen molar-refractivity contribution in [1.29, 1.82) is 0 Å². The summed E-state index contributed by atoms with van der Waals surface area (Å²) in [6, 6.07) is 1.66. The Labute approximate surface area is 122 Å². The standard InChI is InChI=1S/C13H19N3O5/c1-14-9-4-6-16(13(18)15-9)12-11(20-3)10(19-2)8(21-12)5-7-17/h4,6-8,10-12H,5H2,1-3H3,(H,14,15,18). The number of rotatable bonds is 6. The number of hydrogen-bond acceptors (Lipinski definition) is 7. The van der Waals surface area contributed by atoms with E-state index < -0.39 is 30.2 Å². The Morgan fingerprint density at radius 3 is 2.67 bits per heavy atom. The first kappa shape index (κ1) is 15.6. The lowest BCUT2D eigenvalue weighted by atomic mass is 10.1. The molecule has 2 rings (SSSR count). The first-order valence-electron chi connectivity index (χ1n) is 6.57. The third kappa shape index (κ3) is 2.97. The number of nitrogens with zero attached hydrogens (tertiary/aromatic N) is 2. The summed E-state index contributed by atoms with van der Waals surface area (Å²) in [5.74, 6) is 0.468. The van der Waals surface area contributed by atoms with Gasteiger partial charge in [0, 0.05) is 33.9 Å². The smallest absolute Gasteiger partial charge is 0.351 e. The summed E-state index contributed by atoms with van der Waals surface area (Å²) in [6.45, 7) is 0. The number of aldehydes is 1. The predicted octanol–water partition coefficient (Wildman–Crippen LogP) is -0.199. The Morgan fingerprint density at radius 1 is 1.43 bits per heavy atom. The normalized spacial score (nSPS) is 28.5. The summed E-state index contributed by atoms with van der Waals surface area (Å²) in [5.41, 5.74) is -0.462. The molecular weight excluding hydrogens is 278 g/mol. The molecule has 1 N–H and O–H groups in total. The highest BCUT2D eigenvalue weighted by Gasteiger charge is 2.46. The molecule has 0 radical (unpaired) electrons. The van der Waals surface area contributed by atoms with Crippen LogP contribution in [0.3, 0.4) is 0 Å². The van der Waals surface area contributed by atoms with Gasteiger partial charge in [0.25, 0.3) is 0 Å². The van der Waals surface area contributed by atoms with E-state index in [-0.39, 0.29) is 6.42 Å². The average Bonchev–Trinajstić information content (AvgIpc) is 2.84. The van der Waals surface area contributed by atoms with E-state index in [2.05, 4.69) is 10.3 Å². The lowest BCUT2D eigenvalue weighted by Gasteiger charge is -2.22. The van der Waals surface area contributed by atoms with Crippen molar-refractivity contribution in [3.05, 3.63) is 22.7 Å². The van der Waals surface area contributed by atoms with Crippen molar-refractivity contribution in [2.45, 2.75) is 31.0 Å². The minimum Gasteiger partial charge on any atom is -0.376 e. The van der Waals surface area contributed by atoms with Crippen LogP contribution in [0.1, 0.15) is 12.6 Å². The predicted molar refractivity (Wildman–Crippen MR) is 74.2 cm³/mol. The van der Waals surface area contributed by atoms with Crippen LogP contribution in [-0.4, -0.2) is 55.4 Å². The van der Waals surface area contributed by atoms with Crippen LogP contribution in [0.4, 0.5) is 5.82 Å². The van der Waals surface area contributed by atoms with E-state index in [1.807, 2.05) is 0 Å². The monoisotopic (exact) mass is 297 g/mol. The third-order valence-electron chi connectivity index (χ3n) is 3.52. The first-order chi connectivity index (χ1) is 10.2. The molecule has 0 spiro atoms. The van der Waals surface area contributed by atoms with E-state index in [0.29, 0.717) is 5.82 Å². The molecule has 1 aromatic heterocycles. The lowest BCUT2D eigenvalue weighted by molar-refractivity contribution is -0.112.